The van der Waals surface area contributed by atoms with E-state index in [0.717, 1.165) is 16.7 Å². The van der Waals surface area contributed by atoms with Crippen molar-refractivity contribution in [2.75, 3.05) is 4.90 Å². The van der Waals surface area contributed by atoms with E-state index in [1.165, 1.54) is 16.7 Å². The van der Waals surface area contributed by atoms with Crippen LogP contribution in [0.5, 0.6) is 0 Å². The third kappa shape index (κ3) is 5.71. The highest BCUT2D eigenvalue weighted by atomic mass is 35.5. The summed E-state index contributed by atoms with van der Waals surface area (Å²) in [7, 11) is 0. The molecule has 0 spiro atoms. The predicted octanol–water partition coefficient (Wildman–Crippen LogP) is 6.04. The number of thioether (sulfide) groups is 1. The van der Waals surface area contributed by atoms with E-state index in [1.807, 2.05) is 55.5 Å². The van der Waals surface area contributed by atoms with Gasteiger partial charge in [-0.1, -0.05) is 83.0 Å². The van der Waals surface area contributed by atoms with Gasteiger partial charge in [0.15, 0.2) is 0 Å². The summed E-state index contributed by atoms with van der Waals surface area (Å²) in [5, 5.41) is 13.5. The highest BCUT2D eigenvalue weighted by molar-refractivity contribution is 8.05. The number of anilines is 1. The number of hydrogen-bond acceptors (Lipinski definition) is 4. The Bertz CT molecular complexity index is 1330. The standard InChI is InChI=1S/C27H21Cl2N3O2S/c1-17-7-10-21(11-8-17)32-26(34)24(14-19-13-20(28)9-12-23(19)29)35-27(32)22(15-30)25(33)31-16-18-5-3-2-4-6-18/h2-13,24H,14,16H2,1H3,(H,31,33). The van der Waals surface area contributed by atoms with Gasteiger partial charge < -0.3 is 5.32 Å². The van der Waals surface area contributed by atoms with Gasteiger partial charge in [0.25, 0.3) is 5.91 Å². The first-order valence-corrected chi connectivity index (χ1v) is 12.5. The maximum absolute atomic E-state index is 13.6. The second kappa shape index (κ2) is 11.0. The minimum Gasteiger partial charge on any atom is -0.347 e. The molecule has 0 saturated carbocycles. The number of carbonyl (C=O) groups is 2. The molecule has 0 radical (unpaired) electrons. The summed E-state index contributed by atoms with van der Waals surface area (Å²) in [6.07, 6.45) is 0.305. The van der Waals surface area contributed by atoms with E-state index >= 15 is 0 Å². The summed E-state index contributed by atoms with van der Waals surface area (Å²) in [6, 6.07) is 23.9. The number of hydrogen-bond donors (Lipinski definition) is 1. The number of aryl methyl sites for hydroxylation is 1. The van der Waals surface area contributed by atoms with E-state index in [4.69, 9.17) is 23.2 Å². The van der Waals surface area contributed by atoms with Gasteiger partial charge in [-0.15, -0.1) is 0 Å². The lowest BCUT2D eigenvalue weighted by Crippen LogP contribution is -2.32. The Kier molecular flexibility index (Phi) is 7.82. The molecule has 3 aromatic rings. The molecule has 1 aliphatic heterocycles. The minimum atomic E-state index is -0.576. The van der Waals surface area contributed by atoms with Crippen LogP contribution in [0.15, 0.2) is 83.4 Å². The molecule has 1 atom stereocenters. The van der Waals surface area contributed by atoms with Crippen molar-refractivity contribution in [3.05, 3.63) is 110 Å². The molecule has 176 valence electrons. The topological polar surface area (TPSA) is 73.2 Å². The van der Waals surface area contributed by atoms with Crippen LogP contribution in [0, 0.1) is 18.3 Å². The van der Waals surface area contributed by atoms with E-state index in [2.05, 4.69) is 5.32 Å². The van der Waals surface area contributed by atoms with Crippen molar-refractivity contribution in [3.8, 4) is 6.07 Å². The minimum absolute atomic E-state index is 0.112. The lowest BCUT2D eigenvalue weighted by molar-refractivity contribution is -0.117. The molecule has 1 saturated heterocycles. The lowest BCUT2D eigenvalue weighted by Gasteiger charge is -2.19. The zero-order valence-corrected chi connectivity index (χ0v) is 21.1. The van der Waals surface area contributed by atoms with Crippen molar-refractivity contribution in [1.29, 1.82) is 5.26 Å². The van der Waals surface area contributed by atoms with E-state index < -0.39 is 11.2 Å². The third-order valence-corrected chi connectivity index (χ3v) is 7.37. The molecule has 1 aliphatic rings. The van der Waals surface area contributed by atoms with Crippen LogP contribution in [-0.4, -0.2) is 17.1 Å². The maximum Gasteiger partial charge on any atom is 0.264 e. The van der Waals surface area contributed by atoms with Crippen LogP contribution < -0.4 is 10.2 Å². The van der Waals surface area contributed by atoms with Crippen molar-refractivity contribution in [3.63, 3.8) is 0 Å². The van der Waals surface area contributed by atoms with Gasteiger partial charge >= 0.3 is 0 Å². The van der Waals surface area contributed by atoms with Gasteiger partial charge in [0.2, 0.25) is 5.91 Å². The monoisotopic (exact) mass is 521 g/mol. The number of nitriles is 1. The van der Waals surface area contributed by atoms with E-state index in [9.17, 15) is 14.9 Å². The normalized spacial score (nSPS) is 16.7. The van der Waals surface area contributed by atoms with Gasteiger partial charge in [-0.2, -0.15) is 5.26 Å². The quantitative estimate of drug-likeness (QED) is 0.316. The zero-order valence-electron chi connectivity index (χ0n) is 18.8. The molecule has 2 amide bonds. The molecule has 8 heteroatoms. The Morgan fingerprint density at radius 3 is 2.49 bits per heavy atom. The van der Waals surface area contributed by atoms with Gasteiger partial charge in [0.05, 0.1) is 5.25 Å². The number of nitrogens with zero attached hydrogens (tertiary/aromatic N) is 2. The predicted molar refractivity (Wildman–Crippen MR) is 141 cm³/mol. The molecule has 1 fully saturated rings. The molecular weight excluding hydrogens is 501 g/mol. The number of amides is 2. The fourth-order valence-corrected chi connectivity index (χ4v) is 5.37. The molecule has 0 aromatic heterocycles. The largest absolute Gasteiger partial charge is 0.347 e. The Balaban J connectivity index is 1.69. The van der Waals surface area contributed by atoms with Crippen LogP contribution in [-0.2, 0) is 22.6 Å². The number of halogens is 2. The zero-order chi connectivity index (χ0) is 24.9. The van der Waals surface area contributed by atoms with Crippen molar-refractivity contribution in [2.24, 2.45) is 0 Å². The number of rotatable bonds is 6. The van der Waals surface area contributed by atoms with E-state index in [-0.39, 0.29) is 18.0 Å². The van der Waals surface area contributed by atoms with Gasteiger partial charge in [-0.05, 0) is 54.8 Å². The molecule has 0 bridgehead atoms. The maximum atomic E-state index is 13.6. The molecule has 0 aliphatic carbocycles. The van der Waals surface area contributed by atoms with E-state index in [1.54, 1.807) is 30.3 Å². The Labute approximate surface area is 218 Å². The highest BCUT2D eigenvalue weighted by Crippen LogP contribution is 2.42. The van der Waals surface area contributed by atoms with Crippen LogP contribution >= 0.6 is 35.0 Å². The second-order valence-corrected chi connectivity index (χ2v) is 10.1. The third-order valence-electron chi connectivity index (χ3n) is 5.51. The summed E-state index contributed by atoms with van der Waals surface area (Å²) in [6.45, 7) is 2.21. The SMILES string of the molecule is Cc1ccc(N2C(=O)C(Cc3cc(Cl)ccc3Cl)SC2=C(C#N)C(=O)NCc2ccccc2)cc1. The first-order valence-electron chi connectivity index (χ1n) is 10.8. The number of nitrogens with one attached hydrogen (secondary N) is 1. The Hall–Kier alpha value is -3.24. The fraction of sp³-hybridized carbons (Fsp3) is 0.148. The summed E-state index contributed by atoms with van der Waals surface area (Å²) >= 11 is 13.7. The first kappa shape index (κ1) is 24.9. The van der Waals surface area contributed by atoms with Crippen molar-refractivity contribution in [2.45, 2.75) is 25.1 Å². The van der Waals surface area contributed by atoms with Crippen molar-refractivity contribution >= 4 is 52.5 Å². The van der Waals surface area contributed by atoms with Crippen LogP contribution in [0.25, 0.3) is 0 Å². The van der Waals surface area contributed by atoms with Gasteiger partial charge in [-0.3, -0.25) is 14.5 Å². The molecule has 1 heterocycles. The van der Waals surface area contributed by atoms with Crippen LogP contribution in [0.4, 0.5) is 5.69 Å². The van der Waals surface area contributed by atoms with Gasteiger partial charge in [0.1, 0.15) is 16.7 Å². The number of carbonyl (C=O) groups excluding carboxylic acids is 2. The van der Waals surface area contributed by atoms with Crippen molar-refractivity contribution in [1.82, 2.24) is 5.32 Å². The molecular formula is C27H21Cl2N3O2S. The summed E-state index contributed by atoms with van der Waals surface area (Å²) < 4.78 is 0. The van der Waals surface area contributed by atoms with Crippen LogP contribution in [0.1, 0.15) is 16.7 Å². The molecule has 1 unspecified atom stereocenters. The van der Waals surface area contributed by atoms with Gasteiger partial charge in [0, 0.05) is 22.3 Å². The molecule has 4 rings (SSSR count). The first-order chi connectivity index (χ1) is 16.9. The molecule has 1 N–H and O–H groups in total. The van der Waals surface area contributed by atoms with E-state index in [0.29, 0.717) is 27.2 Å². The molecule has 35 heavy (non-hydrogen) atoms. The Morgan fingerprint density at radius 2 is 1.80 bits per heavy atom. The average molecular weight is 522 g/mol. The van der Waals surface area contributed by atoms with Crippen LogP contribution in [0.3, 0.4) is 0 Å². The number of benzene rings is 3. The van der Waals surface area contributed by atoms with Crippen molar-refractivity contribution < 1.29 is 9.59 Å². The Morgan fingerprint density at radius 1 is 1.09 bits per heavy atom. The highest BCUT2D eigenvalue weighted by Gasteiger charge is 2.41. The van der Waals surface area contributed by atoms with Gasteiger partial charge in [-0.25, -0.2) is 0 Å². The second-order valence-electron chi connectivity index (χ2n) is 8.02. The smallest absolute Gasteiger partial charge is 0.264 e. The summed E-state index contributed by atoms with van der Waals surface area (Å²) in [5.41, 5.74) is 3.14. The molecule has 3 aromatic carbocycles. The molecule has 5 nitrogen and oxygen atoms in total. The fourth-order valence-electron chi connectivity index (χ4n) is 3.68. The summed E-state index contributed by atoms with van der Waals surface area (Å²) in [5.74, 6) is -0.765. The average Bonchev–Trinajstić information content (AvgIpc) is 3.17. The summed E-state index contributed by atoms with van der Waals surface area (Å²) in [4.78, 5) is 28.1. The van der Waals surface area contributed by atoms with Crippen LogP contribution in [0.2, 0.25) is 10.0 Å². The lowest BCUT2D eigenvalue weighted by atomic mass is 10.1.